The first kappa shape index (κ1) is 14.0. The Balaban J connectivity index is 2.57. The molecule has 1 amide bonds. The predicted octanol–water partition coefficient (Wildman–Crippen LogP) is 2.85. The highest BCUT2D eigenvalue weighted by Gasteiger charge is 2.11. The van der Waals surface area contributed by atoms with Gasteiger partial charge in [-0.05, 0) is 31.0 Å². The van der Waals surface area contributed by atoms with Gasteiger partial charge in [0.15, 0.2) is 0 Å². The summed E-state index contributed by atoms with van der Waals surface area (Å²) in [6.07, 6.45) is 1.03. The summed E-state index contributed by atoms with van der Waals surface area (Å²) in [7, 11) is 0. The van der Waals surface area contributed by atoms with Crippen molar-refractivity contribution in [1.29, 1.82) is 0 Å². The number of nitrogens with zero attached hydrogens (tertiary/aromatic N) is 1. The van der Waals surface area contributed by atoms with Crippen LogP contribution >= 0.6 is 11.6 Å². The summed E-state index contributed by atoms with van der Waals surface area (Å²) >= 11 is 5.60. The lowest BCUT2D eigenvalue weighted by atomic mass is 10.1. The van der Waals surface area contributed by atoms with E-state index in [2.05, 4.69) is 0 Å². The van der Waals surface area contributed by atoms with E-state index in [1.54, 1.807) is 17.0 Å². The summed E-state index contributed by atoms with van der Waals surface area (Å²) in [4.78, 5) is 13.7. The number of rotatable bonds is 6. The zero-order valence-corrected chi connectivity index (χ0v) is 10.7. The third-order valence-corrected chi connectivity index (χ3v) is 2.81. The van der Waals surface area contributed by atoms with Gasteiger partial charge in [0.1, 0.15) is 5.82 Å². The Kier molecular flexibility index (Phi) is 5.98. The highest BCUT2D eigenvalue weighted by Crippen LogP contribution is 2.06. The van der Waals surface area contributed by atoms with Crippen molar-refractivity contribution in [3.05, 3.63) is 35.6 Å². The Labute approximate surface area is 106 Å². The average molecular weight is 258 g/mol. The average Bonchev–Trinajstić information content (AvgIpc) is 2.30. The number of alkyl halides is 1. The predicted molar refractivity (Wildman–Crippen MR) is 67.7 cm³/mol. The molecule has 0 aliphatic rings. The highest BCUT2D eigenvalue weighted by molar-refractivity contribution is 6.17. The van der Waals surface area contributed by atoms with Gasteiger partial charge in [-0.2, -0.15) is 0 Å². The van der Waals surface area contributed by atoms with E-state index in [9.17, 15) is 9.18 Å². The smallest absolute Gasteiger partial charge is 0.226 e. The SMILES string of the molecule is CCN(CCCCl)C(=O)Cc1cccc(F)c1. The van der Waals surface area contributed by atoms with Gasteiger partial charge >= 0.3 is 0 Å². The summed E-state index contributed by atoms with van der Waals surface area (Å²) in [6, 6.07) is 6.15. The quantitative estimate of drug-likeness (QED) is 0.718. The minimum atomic E-state index is -0.306. The Hall–Kier alpha value is -1.09. The molecule has 0 unspecified atom stereocenters. The van der Waals surface area contributed by atoms with Crippen molar-refractivity contribution in [2.45, 2.75) is 19.8 Å². The van der Waals surface area contributed by atoms with Crippen LogP contribution in [-0.4, -0.2) is 29.8 Å². The van der Waals surface area contributed by atoms with Crippen LogP contribution in [0.25, 0.3) is 0 Å². The molecule has 0 atom stereocenters. The molecule has 0 saturated carbocycles. The lowest BCUT2D eigenvalue weighted by Crippen LogP contribution is -2.33. The normalized spacial score (nSPS) is 10.3. The van der Waals surface area contributed by atoms with E-state index in [1.807, 2.05) is 6.92 Å². The lowest BCUT2D eigenvalue weighted by Gasteiger charge is -2.20. The molecule has 0 aliphatic heterocycles. The Morgan fingerprint density at radius 1 is 1.47 bits per heavy atom. The van der Waals surface area contributed by atoms with Crippen LogP contribution in [0, 0.1) is 5.82 Å². The summed E-state index contributed by atoms with van der Waals surface area (Å²) in [5.74, 6) is 0.256. The maximum absolute atomic E-state index is 13.0. The molecule has 2 nitrogen and oxygen atoms in total. The van der Waals surface area contributed by atoms with Gasteiger partial charge in [-0.25, -0.2) is 4.39 Å². The van der Waals surface area contributed by atoms with Crippen LogP contribution in [-0.2, 0) is 11.2 Å². The van der Waals surface area contributed by atoms with Crippen LogP contribution in [0.5, 0.6) is 0 Å². The van der Waals surface area contributed by atoms with Gasteiger partial charge < -0.3 is 4.90 Å². The van der Waals surface area contributed by atoms with Crippen molar-refractivity contribution < 1.29 is 9.18 Å². The lowest BCUT2D eigenvalue weighted by molar-refractivity contribution is -0.130. The molecule has 1 rings (SSSR count). The van der Waals surface area contributed by atoms with Gasteiger partial charge in [-0.1, -0.05) is 12.1 Å². The van der Waals surface area contributed by atoms with Crippen LogP contribution in [0.15, 0.2) is 24.3 Å². The van der Waals surface area contributed by atoms with E-state index in [0.717, 1.165) is 6.42 Å². The van der Waals surface area contributed by atoms with Crippen molar-refractivity contribution >= 4 is 17.5 Å². The topological polar surface area (TPSA) is 20.3 Å². The van der Waals surface area contributed by atoms with Gasteiger partial charge in [0.2, 0.25) is 5.91 Å². The van der Waals surface area contributed by atoms with E-state index in [4.69, 9.17) is 11.6 Å². The molecule has 1 aromatic rings. The molecule has 4 heteroatoms. The summed E-state index contributed by atoms with van der Waals surface area (Å²) < 4.78 is 13.0. The Morgan fingerprint density at radius 2 is 2.24 bits per heavy atom. The molecule has 0 aliphatic carbocycles. The first-order chi connectivity index (χ1) is 8.17. The molecule has 0 bridgehead atoms. The maximum Gasteiger partial charge on any atom is 0.226 e. The fourth-order valence-corrected chi connectivity index (χ4v) is 1.76. The van der Waals surface area contributed by atoms with Crippen LogP contribution in [0.2, 0.25) is 0 Å². The van der Waals surface area contributed by atoms with Crippen molar-refractivity contribution in [1.82, 2.24) is 4.90 Å². The second kappa shape index (κ2) is 7.28. The van der Waals surface area contributed by atoms with Gasteiger partial charge in [0.05, 0.1) is 6.42 Å². The third-order valence-electron chi connectivity index (χ3n) is 2.54. The van der Waals surface area contributed by atoms with Crippen molar-refractivity contribution in [2.24, 2.45) is 0 Å². The number of halogens is 2. The number of benzene rings is 1. The number of hydrogen-bond acceptors (Lipinski definition) is 1. The summed E-state index contributed by atoms with van der Waals surface area (Å²) in [6.45, 7) is 3.25. The zero-order chi connectivity index (χ0) is 12.7. The monoisotopic (exact) mass is 257 g/mol. The molecule has 0 saturated heterocycles. The van der Waals surface area contributed by atoms with Crippen molar-refractivity contribution in [3.8, 4) is 0 Å². The number of amides is 1. The molecule has 0 heterocycles. The van der Waals surface area contributed by atoms with E-state index in [1.165, 1.54) is 12.1 Å². The minimum Gasteiger partial charge on any atom is -0.343 e. The molecule has 0 radical (unpaired) electrons. The molecule has 17 heavy (non-hydrogen) atoms. The second-order valence-electron chi connectivity index (χ2n) is 3.82. The van der Waals surface area contributed by atoms with Crippen LogP contribution < -0.4 is 0 Å². The highest BCUT2D eigenvalue weighted by atomic mass is 35.5. The molecule has 0 aromatic heterocycles. The third kappa shape index (κ3) is 4.73. The second-order valence-corrected chi connectivity index (χ2v) is 4.20. The molecule has 0 N–H and O–H groups in total. The maximum atomic E-state index is 13.0. The van der Waals surface area contributed by atoms with Gasteiger partial charge in [0, 0.05) is 19.0 Å². The molecule has 1 aromatic carbocycles. The first-order valence-corrected chi connectivity index (χ1v) is 6.29. The van der Waals surface area contributed by atoms with Gasteiger partial charge in [0.25, 0.3) is 0 Å². The van der Waals surface area contributed by atoms with E-state index < -0.39 is 0 Å². The van der Waals surface area contributed by atoms with E-state index in [0.29, 0.717) is 24.5 Å². The number of carbonyl (C=O) groups is 1. The van der Waals surface area contributed by atoms with Crippen molar-refractivity contribution in [2.75, 3.05) is 19.0 Å². The number of likely N-dealkylation sites (N-methyl/N-ethyl adjacent to an activating group) is 1. The van der Waals surface area contributed by atoms with Gasteiger partial charge in [-0.15, -0.1) is 11.6 Å². The number of carbonyl (C=O) groups excluding carboxylic acids is 1. The first-order valence-electron chi connectivity index (χ1n) is 5.75. The fourth-order valence-electron chi connectivity index (χ4n) is 1.64. The van der Waals surface area contributed by atoms with E-state index in [-0.39, 0.29) is 18.1 Å². The van der Waals surface area contributed by atoms with Gasteiger partial charge in [-0.3, -0.25) is 4.79 Å². The van der Waals surface area contributed by atoms with E-state index >= 15 is 0 Å². The van der Waals surface area contributed by atoms with Crippen LogP contribution in [0.3, 0.4) is 0 Å². The summed E-state index contributed by atoms with van der Waals surface area (Å²) in [5.41, 5.74) is 0.708. The molecule has 0 fully saturated rings. The standard InChI is InChI=1S/C13H17ClFNO/c1-2-16(8-4-7-14)13(17)10-11-5-3-6-12(15)9-11/h3,5-6,9H,2,4,7-8,10H2,1H3. The Morgan fingerprint density at radius 3 is 2.82 bits per heavy atom. The molecular weight excluding hydrogens is 241 g/mol. The molecular formula is C13H17ClFNO. The number of hydrogen-bond donors (Lipinski definition) is 0. The minimum absolute atomic E-state index is 0.0169. The summed E-state index contributed by atoms with van der Waals surface area (Å²) in [5, 5.41) is 0. The van der Waals surface area contributed by atoms with Crippen molar-refractivity contribution in [3.63, 3.8) is 0 Å². The van der Waals surface area contributed by atoms with Crippen LogP contribution in [0.4, 0.5) is 4.39 Å². The fraction of sp³-hybridized carbons (Fsp3) is 0.462. The molecule has 0 spiro atoms. The Bertz CT molecular complexity index is 370. The van der Waals surface area contributed by atoms with Crippen LogP contribution in [0.1, 0.15) is 18.9 Å². The molecule has 94 valence electrons. The zero-order valence-electron chi connectivity index (χ0n) is 9.96. The largest absolute Gasteiger partial charge is 0.343 e.